The van der Waals surface area contributed by atoms with Gasteiger partial charge in [0.15, 0.2) is 17.3 Å². The number of rotatable bonds is 8. The highest BCUT2D eigenvalue weighted by Crippen LogP contribution is 2.33. The van der Waals surface area contributed by atoms with E-state index in [9.17, 15) is 4.39 Å². The van der Waals surface area contributed by atoms with Crippen LogP contribution in [0.4, 0.5) is 4.39 Å². The second-order valence-electron chi connectivity index (χ2n) is 6.75. The molecule has 2 heterocycles. The highest BCUT2D eigenvalue weighted by Gasteiger charge is 2.17. The number of aromatic nitrogens is 3. The smallest absolute Gasteiger partial charge is 0.188 e. The first-order valence-corrected chi connectivity index (χ1v) is 10.0. The molecule has 0 amide bonds. The minimum absolute atomic E-state index is 0.142. The summed E-state index contributed by atoms with van der Waals surface area (Å²) in [5.41, 5.74) is 2.74. The number of hydrogen-bond donors (Lipinski definition) is 1. The molecule has 0 aliphatic heterocycles. The van der Waals surface area contributed by atoms with Gasteiger partial charge in [0, 0.05) is 35.1 Å². The van der Waals surface area contributed by atoms with E-state index in [0.717, 1.165) is 10.5 Å². The van der Waals surface area contributed by atoms with Crippen LogP contribution < -0.4 is 4.74 Å². The number of fused-ring (bicyclic) bond motifs is 1. The zero-order valence-electron chi connectivity index (χ0n) is 16.8. The quantitative estimate of drug-likeness (QED) is 0.324. The summed E-state index contributed by atoms with van der Waals surface area (Å²) in [6, 6.07) is 12.8. The molecule has 0 spiro atoms. The molecule has 4 rings (SSSR count). The maximum atomic E-state index is 14.5. The van der Waals surface area contributed by atoms with Crippen LogP contribution in [0, 0.1) is 5.82 Å². The Bertz CT molecular complexity index is 1140. The Morgan fingerprint density at radius 3 is 2.67 bits per heavy atom. The molecule has 2 aromatic carbocycles. The van der Waals surface area contributed by atoms with Gasteiger partial charge in [-0.2, -0.15) is 5.10 Å². The third-order valence-electron chi connectivity index (χ3n) is 4.34. The molecule has 0 aliphatic rings. The van der Waals surface area contributed by atoms with Crippen LogP contribution in [0.2, 0.25) is 0 Å². The summed E-state index contributed by atoms with van der Waals surface area (Å²) < 4.78 is 32.3. The normalized spacial score (nSPS) is 11.5. The van der Waals surface area contributed by atoms with Crippen LogP contribution in [-0.4, -0.2) is 54.1 Å². The van der Waals surface area contributed by atoms with Crippen molar-refractivity contribution in [2.75, 3.05) is 34.4 Å². The molecule has 7 nitrogen and oxygen atoms in total. The Hall–Kier alpha value is -2.88. The van der Waals surface area contributed by atoms with Crippen LogP contribution >= 0.6 is 11.9 Å². The zero-order valence-corrected chi connectivity index (χ0v) is 17.6. The fourth-order valence-corrected chi connectivity index (χ4v) is 3.65. The average Bonchev–Trinajstić information content (AvgIpc) is 3.35. The van der Waals surface area contributed by atoms with Crippen molar-refractivity contribution in [1.82, 2.24) is 19.7 Å². The van der Waals surface area contributed by atoms with Crippen molar-refractivity contribution in [1.29, 1.82) is 0 Å². The number of benzene rings is 2. The molecular formula is C21H21FN4O3S. The van der Waals surface area contributed by atoms with Gasteiger partial charge in [0.25, 0.3) is 0 Å². The van der Waals surface area contributed by atoms with Gasteiger partial charge in [0.1, 0.15) is 18.0 Å². The molecule has 0 aliphatic carbocycles. The van der Waals surface area contributed by atoms with Gasteiger partial charge in [-0.15, -0.1) is 0 Å². The molecule has 0 radical (unpaired) electrons. The molecule has 0 atom stereocenters. The van der Waals surface area contributed by atoms with E-state index in [0.29, 0.717) is 34.7 Å². The third kappa shape index (κ3) is 4.33. The number of H-pyrrole nitrogens is 1. The standard InChI is InChI=1S/C21H21FN4O3S/c1-26(2)30-14-6-4-13(5-7-14)17-11-20(29-25-17)21-15-10-16(22)19(28-9-8-27-3)12-18(15)23-24-21/h4-7,10-12H,8-9H2,1-3H3,(H,23,24). The average molecular weight is 428 g/mol. The summed E-state index contributed by atoms with van der Waals surface area (Å²) in [5.74, 6) is 0.120. The van der Waals surface area contributed by atoms with E-state index in [1.54, 1.807) is 31.2 Å². The molecule has 0 fully saturated rings. The van der Waals surface area contributed by atoms with Gasteiger partial charge in [-0.25, -0.2) is 4.39 Å². The zero-order chi connectivity index (χ0) is 21.1. The summed E-state index contributed by atoms with van der Waals surface area (Å²) in [6.45, 7) is 0.637. The summed E-state index contributed by atoms with van der Waals surface area (Å²) >= 11 is 1.64. The first-order chi connectivity index (χ1) is 14.5. The van der Waals surface area contributed by atoms with Crippen molar-refractivity contribution in [3.63, 3.8) is 0 Å². The highest BCUT2D eigenvalue weighted by molar-refractivity contribution is 7.97. The van der Waals surface area contributed by atoms with Crippen molar-refractivity contribution in [3.8, 4) is 28.5 Å². The topological polar surface area (TPSA) is 76.4 Å². The van der Waals surface area contributed by atoms with Crippen LogP contribution in [0.25, 0.3) is 33.6 Å². The summed E-state index contributed by atoms with van der Waals surface area (Å²) in [5, 5.41) is 11.9. The molecule has 156 valence electrons. The molecule has 0 bridgehead atoms. The number of halogens is 1. The van der Waals surface area contributed by atoms with E-state index in [1.807, 2.05) is 42.7 Å². The molecule has 4 aromatic rings. The lowest BCUT2D eigenvalue weighted by atomic mass is 10.1. The number of aromatic amines is 1. The van der Waals surface area contributed by atoms with E-state index in [4.69, 9.17) is 14.0 Å². The first kappa shape index (κ1) is 20.4. The van der Waals surface area contributed by atoms with Crippen molar-refractivity contribution in [2.24, 2.45) is 0 Å². The number of methoxy groups -OCH3 is 1. The summed E-state index contributed by atoms with van der Waals surface area (Å²) in [6.07, 6.45) is 0. The van der Waals surface area contributed by atoms with Crippen LogP contribution in [0.3, 0.4) is 0 Å². The fraction of sp³-hybridized carbons (Fsp3) is 0.238. The van der Waals surface area contributed by atoms with E-state index >= 15 is 0 Å². The van der Waals surface area contributed by atoms with E-state index in [2.05, 4.69) is 15.4 Å². The van der Waals surface area contributed by atoms with E-state index < -0.39 is 5.82 Å². The minimum Gasteiger partial charge on any atom is -0.488 e. The maximum absolute atomic E-state index is 14.5. The SMILES string of the molecule is COCCOc1cc2[nH]nc(-c3cc(-c4ccc(SN(C)C)cc4)no3)c2cc1F. The van der Waals surface area contributed by atoms with Crippen molar-refractivity contribution in [3.05, 3.63) is 48.3 Å². The minimum atomic E-state index is -0.477. The molecular weight excluding hydrogens is 407 g/mol. The Balaban J connectivity index is 1.59. The molecule has 9 heteroatoms. The Morgan fingerprint density at radius 2 is 1.93 bits per heavy atom. The molecule has 30 heavy (non-hydrogen) atoms. The summed E-state index contributed by atoms with van der Waals surface area (Å²) in [4.78, 5) is 1.13. The number of nitrogens with zero attached hydrogens (tertiary/aromatic N) is 3. The van der Waals surface area contributed by atoms with Crippen molar-refractivity contribution in [2.45, 2.75) is 4.90 Å². The van der Waals surface area contributed by atoms with Crippen molar-refractivity contribution >= 4 is 22.9 Å². The van der Waals surface area contributed by atoms with Gasteiger partial charge in [-0.05, 0) is 44.2 Å². The molecule has 2 aromatic heterocycles. The number of nitrogens with one attached hydrogen (secondary N) is 1. The van der Waals surface area contributed by atoms with Crippen LogP contribution in [0.1, 0.15) is 0 Å². The lowest BCUT2D eigenvalue weighted by Gasteiger charge is -2.08. The fourth-order valence-electron chi connectivity index (χ4n) is 2.97. The highest BCUT2D eigenvalue weighted by atomic mass is 32.2. The Kier molecular flexibility index (Phi) is 6.03. The lowest BCUT2D eigenvalue weighted by molar-refractivity contribution is 0.144. The third-order valence-corrected chi connectivity index (χ3v) is 5.19. The van der Waals surface area contributed by atoms with Crippen molar-refractivity contribution < 1.29 is 18.4 Å². The van der Waals surface area contributed by atoms with E-state index in [1.165, 1.54) is 6.07 Å². The summed E-state index contributed by atoms with van der Waals surface area (Å²) in [7, 11) is 5.55. The van der Waals surface area contributed by atoms with E-state index in [-0.39, 0.29) is 12.4 Å². The van der Waals surface area contributed by atoms with Crippen LogP contribution in [0.15, 0.2) is 51.9 Å². The molecule has 0 saturated carbocycles. The van der Waals surface area contributed by atoms with Gasteiger partial charge in [-0.1, -0.05) is 17.3 Å². The predicted molar refractivity (Wildman–Crippen MR) is 114 cm³/mol. The van der Waals surface area contributed by atoms with Crippen LogP contribution in [0.5, 0.6) is 5.75 Å². The molecule has 0 saturated heterocycles. The van der Waals surface area contributed by atoms with Crippen LogP contribution in [-0.2, 0) is 4.74 Å². The van der Waals surface area contributed by atoms with Gasteiger partial charge in [-0.3, -0.25) is 9.40 Å². The largest absolute Gasteiger partial charge is 0.488 e. The maximum Gasteiger partial charge on any atom is 0.188 e. The van der Waals surface area contributed by atoms with Gasteiger partial charge < -0.3 is 14.0 Å². The predicted octanol–water partition coefficient (Wildman–Crippen LogP) is 4.62. The Labute approximate surface area is 177 Å². The Morgan fingerprint density at radius 1 is 1.13 bits per heavy atom. The molecule has 0 unspecified atom stereocenters. The first-order valence-electron chi connectivity index (χ1n) is 9.27. The second-order valence-corrected chi connectivity index (χ2v) is 8.13. The second kappa shape index (κ2) is 8.86. The van der Waals surface area contributed by atoms with Gasteiger partial charge in [0.05, 0.1) is 12.1 Å². The lowest BCUT2D eigenvalue weighted by Crippen LogP contribution is -2.05. The number of hydrogen-bond acceptors (Lipinski definition) is 7. The number of ether oxygens (including phenoxy) is 2. The van der Waals surface area contributed by atoms with Gasteiger partial charge in [0.2, 0.25) is 0 Å². The van der Waals surface area contributed by atoms with Gasteiger partial charge >= 0.3 is 0 Å². The molecule has 1 N–H and O–H groups in total. The monoisotopic (exact) mass is 428 g/mol.